The molecule has 1 amide bonds. The summed E-state index contributed by atoms with van der Waals surface area (Å²) in [5.74, 6) is -0.377. The number of hydrogen-bond donors (Lipinski definition) is 0. The van der Waals surface area contributed by atoms with Crippen LogP contribution in [0, 0.1) is 0 Å². The number of rotatable bonds is 4. The van der Waals surface area contributed by atoms with Crippen LogP contribution in [0.15, 0.2) is 82.2 Å². The third-order valence-electron chi connectivity index (χ3n) is 4.12. The molecule has 0 fully saturated rings. The third-order valence-corrected chi connectivity index (χ3v) is 4.92. The van der Waals surface area contributed by atoms with Crippen LogP contribution >= 0.6 is 11.3 Å². The van der Waals surface area contributed by atoms with E-state index >= 15 is 0 Å². The fourth-order valence-electron chi connectivity index (χ4n) is 2.84. The summed E-state index contributed by atoms with van der Waals surface area (Å²) in [7, 11) is 0. The number of fused-ring (bicyclic) bond motifs is 1. The van der Waals surface area contributed by atoms with Crippen LogP contribution in [-0.4, -0.2) is 20.0 Å². The highest BCUT2D eigenvalue weighted by Gasteiger charge is 2.09. The highest BCUT2D eigenvalue weighted by Crippen LogP contribution is 2.08. The number of nitrogens with zero attached hydrogens (tertiary/aromatic N) is 4. The molecular weight excluding hydrogens is 360 g/mol. The van der Waals surface area contributed by atoms with E-state index in [0.29, 0.717) is 22.4 Å². The van der Waals surface area contributed by atoms with Crippen molar-refractivity contribution < 1.29 is 4.79 Å². The van der Waals surface area contributed by atoms with Crippen molar-refractivity contribution in [1.29, 1.82) is 0 Å². The van der Waals surface area contributed by atoms with Gasteiger partial charge in [0, 0.05) is 18.1 Å². The van der Waals surface area contributed by atoms with Crippen molar-refractivity contribution in [3.63, 3.8) is 0 Å². The van der Waals surface area contributed by atoms with Gasteiger partial charge in [0.15, 0.2) is 4.80 Å². The van der Waals surface area contributed by atoms with Gasteiger partial charge in [-0.3, -0.25) is 14.2 Å². The average Bonchev–Trinajstić information content (AvgIpc) is 3.11. The fraction of sp³-hybridized carbons (Fsp3) is 0.100. The molecule has 6 nitrogen and oxygen atoms in total. The predicted octanol–water partition coefficient (Wildman–Crippen LogP) is 2.44. The number of aromatic nitrogens is 3. The average molecular weight is 376 g/mol. The summed E-state index contributed by atoms with van der Waals surface area (Å²) >= 11 is 1.39. The number of amides is 1. The first-order chi connectivity index (χ1) is 13.2. The lowest BCUT2D eigenvalue weighted by Gasteiger charge is -2.07. The quantitative estimate of drug-likeness (QED) is 0.549. The summed E-state index contributed by atoms with van der Waals surface area (Å²) < 4.78 is 3.33. The SMILES string of the molecule is O=C(Cn1c(=O)cnc2ccccc21)N=c1sccn1Cc1ccccc1. The Labute approximate surface area is 158 Å². The van der Waals surface area contributed by atoms with Gasteiger partial charge in [-0.05, 0) is 17.7 Å². The molecule has 4 aromatic rings. The topological polar surface area (TPSA) is 69.2 Å². The van der Waals surface area contributed by atoms with Gasteiger partial charge < -0.3 is 4.57 Å². The lowest BCUT2D eigenvalue weighted by molar-refractivity contribution is -0.118. The van der Waals surface area contributed by atoms with E-state index < -0.39 is 0 Å². The molecule has 0 bridgehead atoms. The van der Waals surface area contributed by atoms with Crippen molar-refractivity contribution in [1.82, 2.24) is 14.1 Å². The van der Waals surface area contributed by atoms with Gasteiger partial charge >= 0.3 is 0 Å². The summed E-state index contributed by atoms with van der Waals surface area (Å²) in [5.41, 5.74) is 2.10. The maximum absolute atomic E-state index is 12.5. The molecule has 27 heavy (non-hydrogen) atoms. The maximum atomic E-state index is 12.5. The van der Waals surface area contributed by atoms with Crippen LogP contribution in [0.3, 0.4) is 0 Å². The van der Waals surface area contributed by atoms with Crippen molar-refractivity contribution >= 4 is 28.3 Å². The minimum Gasteiger partial charge on any atom is -0.319 e. The summed E-state index contributed by atoms with van der Waals surface area (Å²) in [6.45, 7) is 0.514. The second-order valence-electron chi connectivity index (χ2n) is 5.98. The van der Waals surface area contributed by atoms with Crippen LogP contribution in [-0.2, 0) is 17.9 Å². The van der Waals surface area contributed by atoms with Crippen LogP contribution in [0.2, 0.25) is 0 Å². The molecule has 2 aromatic heterocycles. The van der Waals surface area contributed by atoms with Gasteiger partial charge in [0.05, 0.1) is 17.2 Å². The lowest BCUT2D eigenvalue weighted by atomic mass is 10.2. The molecule has 7 heteroatoms. The molecule has 0 aliphatic rings. The first kappa shape index (κ1) is 17.1. The van der Waals surface area contributed by atoms with E-state index in [0.717, 1.165) is 5.56 Å². The summed E-state index contributed by atoms with van der Waals surface area (Å²) in [6.07, 6.45) is 3.13. The van der Waals surface area contributed by atoms with Crippen molar-refractivity contribution in [3.8, 4) is 0 Å². The zero-order valence-electron chi connectivity index (χ0n) is 14.4. The van der Waals surface area contributed by atoms with Crippen LogP contribution < -0.4 is 10.4 Å². The van der Waals surface area contributed by atoms with Gasteiger partial charge in [-0.15, -0.1) is 11.3 Å². The molecule has 0 aliphatic heterocycles. The van der Waals surface area contributed by atoms with Gasteiger partial charge in [0.2, 0.25) is 0 Å². The van der Waals surface area contributed by atoms with Gasteiger partial charge in [-0.25, -0.2) is 4.98 Å². The van der Waals surface area contributed by atoms with E-state index in [1.54, 1.807) is 12.1 Å². The lowest BCUT2D eigenvalue weighted by Crippen LogP contribution is -2.25. The van der Waals surface area contributed by atoms with Gasteiger partial charge in [-0.1, -0.05) is 42.5 Å². The summed E-state index contributed by atoms with van der Waals surface area (Å²) in [5, 5.41) is 1.89. The summed E-state index contributed by atoms with van der Waals surface area (Å²) in [6, 6.07) is 17.2. The number of carbonyl (C=O) groups is 1. The van der Waals surface area contributed by atoms with E-state index in [-0.39, 0.29) is 18.0 Å². The Morgan fingerprint density at radius 1 is 1.07 bits per heavy atom. The minimum absolute atomic E-state index is 0.120. The molecule has 0 saturated carbocycles. The summed E-state index contributed by atoms with van der Waals surface area (Å²) in [4.78, 5) is 33.6. The zero-order chi connectivity index (χ0) is 18.6. The highest BCUT2D eigenvalue weighted by molar-refractivity contribution is 7.07. The van der Waals surface area contributed by atoms with E-state index in [1.807, 2.05) is 58.6 Å². The van der Waals surface area contributed by atoms with Gasteiger partial charge in [0.1, 0.15) is 6.54 Å². The van der Waals surface area contributed by atoms with Crippen molar-refractivity contribution in [2.45, 2.75) is 13.1 Å². The first-order valence-corrected chi connectivity index (χ1v) is 9.29. The Balaban J connectivity index is 1.64. The molecular formula is C20H16N4O2S. The van der Waals surface area contributed by atoms with Crippen molar-refractivity contribution in [2.24, 2.45) is 4.99 Å². The molecule has 4 rings (SSSR count). The molecule has 0 saturated heterocycles. The van der Waals surface area contributed by atoms with Gasteiger partial charge in [-0.2, -0.15) is 4.99 Å². The number of hydrogen-bond acceptors (Lipinski definition) is 4. The van der Waals surface area contributed by atoms with Gasteiger partial charge in [0.25, 0.3) is 11.5 Å². The van der Waals surface area contributed by atoms with Crippen LogP contribution in [0.1, 0.15) is 5.56 Å². The van der Waals surface area contributed by atoms with Crippen LogP contribution in [0.5, 0.6) is 0 Å². The second-order valence-corrected chi connectivity index (χ2v) is 6.85. The molecule has 0 N–H and O–H groups in total. The Kier molecular flexibility index (Phi) is 4.76. The molecule has 0 radical (unpaired) electrons. The van der Waals surface area contributed by atoms with E-state index in [4.69, 9.17) is 0 Å². The van der Waals surface area contributed by atoms with Crippen LogP contribution in [0.25, 0.3) is 11.0 Å². The Hall–Kier alpha value is -3.32. The second kappa shape index (κ2) is 7.51. The number of para-hydroxylation sites is 2. The minimum atomic E-state index is -0.377. The number of carbonyl (C=O) groups excluding carboxylic acids is 1. The third kappa shape index (κ3) is 3.78. The van der Waals surface area contributed by atoms with Crippen molar-refractivity contribution in [3.05, 3.63) is 93.1 Å². The van der Waals surface area contributed by atoms with E-state index in [2.05, 4.69) is 9.98 Å². The molecule has 2 aromatic carbocycles. The normalized spacial score (nSPS) is 11.8. The smallest absolute Gasteiger partial charge is 0.269 e. The molecule has 134 valence electrons. The predicted molar refractivity (Wildman–Crippen MR) is 104 cm³/mol. The molecule has 0 atom stereocenters. The van der Waals surface area contributed by atoms with Crippen LogP contribution in [0.4, 0.5) is 0 Å². The Bertz CT molecular complexity index is 1220. The molecule has 0 unspecified atom stereocenters. The first-order valence-electron chi connectivity index (χ1n) is 8.41. The largest absolute Gasteiger partial charge is 0.319 e. The van der Waals surface area contributed by atoms with E-state index in [1.165, 1.54) is 22.1 Å². The van der Waals surface area contributed by atoms with Crippen molar-refractivity contribution in [2.75, 3.05) is 0 Å². The zero-order valence-corrected chi connectivity index (χ0v) is 15.2. The monoisotopic (exact) mass is 376 g/mol. The number of benzene rings is 2. The number of thiazole rings is 1. The molecule has 0 aliphatic carbocycles. The Morgan fingerprint density at radius 3 is 2.70 bits per heavy atom. The highest BCUT2D eigenvalue weighted by atomic mass is 32.1. The standard InChI is InChI=1S/C20H16N4O2S/c25-18(14-24-17-9-5-4-8-16(17)21-12-19(24)26)22-20-23(10-11-27-20)13-15-6-2-1-3-7-15/h1-12H,13-14H2. The maximum Gasteiger partial charge on any atom is 0.269 e. The molecule has 2 heterocycles. The molecule has 0 spiro atoms. The van der Waals surface area contributed by atoms with E-state index in [9.17, 15) is 9.59 Å². The fourth-order valence-corrected chi connectivity index (χ4v) is 3.59. The Morgan fingerprint density at radius 2 is 1.85 bits per heavy atom.